The van der Waals surface area contributed by atoms with Crippen molar-refractivity contribution in [1.29, 1.82) is 0 Å². The standard InChI is InChI=1S/C18H18FNO3/c19-16-8-4-7-14(10-16)11-17(21)20-12-15(18(22)23)9-13-5-2-1-3-6-13/h1-8,10,15H,9,11-12H2,(H,20,21)(H,22,23)/t15-/m1/s1. The van der Waals surface area contributed by atoms with Crippen molar-refractivity contribution in [2.24, 2.45) is 5.92 Å². The van der Waals surface area contributed by atoms with E-state index in [1.807, 2.05) is 30.3 Å². The molecule has 1 amide bonds. The molecule has 2 aromatic rings. The normalized spacial score (nSPS) is 11.7. The Balaban J connectivity index is 1.88. The van der Waals surface area contributed by atoms with E-state index in [4.69, 9.17) is 0 Å². The monoisotopic (exact) mass is 315 g/mol. The highest BCUT2D eigenvalue weighted by atomic mass is 19.1. The smallest absolute Gasteiger partial charge is 0.308 e. The van der Waals surface area contributed by atoms with Crippen molar-refractivity contribution < 1.29 is 19.1 Å². The predicted molar refractivity (Wildman–Crippen MR) is 84.4 cm³/mol. The fourth-order valence-corrected chi connectivity index (χ4v) is 2.28. The Morgan fingerprint density at radius 3 is 2.39 bits per heavy atom. The van der Waals surface area contributed by atoms with Gasteiger partial charge in [0, 0.05) is 6.54 Å². The van der Waals surface area contributed by atoms with Crippen LogP contribution in [-0.4, -0.2) is 23.5 Å². The molecule has 0 saturated carbocycles. The number of carbonyl (C=O) groups excluding carboxylic acids is 1. The summed E-state index contributed by atoms with van der Waals surface area (Å²) in [4.78, 5) is 23.2. The van der Waals surface area contributed by atoms with Crippen LogP contribution in [0.5, 0.6) is 0 Å². The molecule has 5 heteroatoms. The van der Waals surface area contributed by atoms with E-state index in [1.165, 1.54) is 18.2 Å². The molecule has 0 unspecified atom stereocenters. The third kappa shape index (κ3) is 5.54. The number of aliphatic carboxylic acids is 1. The molecule has 2 aromatic carbocycles. The Morgan fingerprint density at radius 2 is 1.74 bits per heavy atom. The van der Waals surface area contributed by atoms with Gasteiger partial charge in [0.15, 0.2) is 0 Å². The molecule has 0 heterocycles. The number of hydrogen-bond donors (Lipinski definition) is 2. The summed E-state index contributed by atoms with van der Waals surface area (Å²) in [5.74, 6) is -2.38. The lowest BCUT2D eigenvalue weighted by atomic mass is 9.99. The number of rotatable bonds is 7. The number of nitrogens with one attached hydrogen (secondary N) is 1. The maximum atomic E-state index is 13.1. The van der Waals surface area contributed by atoms with E-state index >= 15 is 0 Å². The first-order valence-electron chi connectivity index (χ1n) is 7.32. The van der Waals surface area contributed by atoms with Gasteiger partial charge in [0.05, 0.1) is 12.3 Å². The van der Waals surface area contributed by atoms with Crippen LogP contribution in [0.15, 0.2) is 54.6 Å². The minimum atomic E-state index is -0.958. The number of amides is 1. The average molecular weight is 315 g/mol. The first-order valence-corrected chi connectivity index (χ1v) is 7.32. The Labute approximate surface area is 134 Å². The fraction of sp³-hybridized carbons (Fsp3) is 0.222. The quantitative estimate of drug-likeness (QED) is 0.824. The number of carboxylic acids is 1. The molecule has 0 saturated heterocycles. The molecule has 0 spiro atoms. The molecule has 0 radical (unpaired) electrons. The van der Waals surface area contributed by atoms with Crippen molar-refractivity contribution in [3.05, 3.63) is 71.5 Å². The van der Waals surface area contributed by atoms with Crippen molar-refractivity contribution >= 4 is 11.9 Å². The second-order valence-electron chi connectivity index (χ2n) is 5.34. The van der Waals surface area contributed by atoms with Gasteiger partial charge in [-0.05, 0) is 29.7 Å². The summed E-state index contributed by atoms with van der Waals surface area (Å²) in [5.41, 5.74) is 1.46. The SMILES string of the molecule is O=C(Cc1cccc(F)c1)NC[C@@H](Cc1ccccc1)C(=O)O. The van der Waals surface area contributed by atoms with E-state index in [-0.39, 0.29) is 18.9 Å². The summed E-state index contributed by atoms with van der Waals surface area (Å²) in [6.07, 6.45) is 0.367. The van der Waals surface area contributed by atoms with Gasteiger partial charge in [0.25, 0.3) is 0 Å². The second-order valence-corrected chi connectivity index (χ2v) is 5.34. The lowest BCUT2D eigenvalue weighted by Crippen LogP contribution is -2.34. The largest absolute Gasteiger partial charge is 0.481 e. The third-order valence-corrected chi connectivity index (χ3v) is 3.47. The lowest BCUT2D eigenvalue weighted by Gasteiger charge is -2.13. The van der Waals surface area contributed by atoms with E-state index in [0.29, 0.717) is 12.0 Å². The zero-order valence-corrected chi connectivity index (χ0v) is 12.5. The van der Waals surface area contributed by atoms with Crippen LogP contribution in [0.3, 0.4) is 0 Å². The summed E-state index contributed by atoms with van der Waals surface area (Å²) < 4.78 is 13.1. The van der Waals surface area contributed by atoms with Crippen molar-refractivity contribution in [2.45, 2.75) is 12.8 Å². The maximum Gasteiger partial charge on any atom is 0.308 e. The van der Waals surface area contributed by atoms with Gasteiger partial charge in [-0.2, -0.15) is 0 Å². The van der Waals surface area contributed by atoms with Crippen LogP contribution in [-0.2, 0) is 22.4 Å². The number of carboxylic acid groups (broad SMARTS) is 1. The zero-order chi connectivity index (χ0) is 16.7. The van der Waals surface area contributed by atoms with Gasteiger partial charge in [-0.3, -0.25) is 9.59 Å². The lowest BCUT2D eigenvalue weighted by molar-refractivity contribution is -0.141. The van der Waals surface area contributed by atoms with Gasteiger partial charge < -0.3 is 10.4 Å². The van der Waals surface area contributed by atoms with E-state index in [1.54, 1.807) is 6.07 Å². The van der Waals surface area contributed by atoms with Gasteiger partial charge in [0.1, 0.15) is 5.82 Å². The molecule has 2 N–H and O–H groups in total. The van der Waals surface area contributed by atoms with Crippen LogP contribution in [0.1, 0.15) is 11.1 Å². The molecule has 120 valence electrons. The molecule has 1 atom stereocenters. The maximum absolute atomic E-state index is 13.1. The van der Waals surface area contributed by atoms with Crippen LogP contribution >= 0.6 is 0 Å². The minimum Gasteiger partial charge on any atom is -0.481 e. The summed E-state index contributed by atoms with van der Waals surface area (Å²) in [7, 11) is 0. The topological polar surface area (TPSA) is 66.4 Å². The van der Waals surface area contributed by atoms with Crippen LogP contribution in [0.2, 0.25) is 0 Å². The van der Waals surface area contributed by atoms with E-state index in [9.17, 15) is 19.1 Å². The van der Waals surface area contributed by atoms with Crippen molar-refractivity contribution in [2.75, 3.05) is 6.54 Å². The summed E-state index contributed by atoms with van der Waals surface area (Å²) in [6, 6.07) is 15.0. The van der Waals surface area contributed by atoms with Crippen LogP contribution in [0.4, 0.5) is 4.39 Å². The molecule has 0 bridgehead atoms. The summed E-state index contributed by atoms with van der Waals surface area (Å²) in [6.45, 7) is 0.0401. The van der Waals surface area contributed by atoms with Crippen molar-refractivity contribution in [1.82, 2.24) is 5.32 Å². The van der Waals surface area contributed by atoms with Crippen molar-refractivity contribution in [3.63, 3.8) is 0 Å². The Hall–Kier alpha value is -2.69. The third-order valence-electron chi connectivity index (χ3n) is 3.47. The van der Waals surface area contributed by atoms with E-state index in [0.717, 1.165) is 5.56 Å². The predicted octanol–water partition coefficient (Wildman–Crippen LogP) is 2.43. The molecule has 23 heavy (non-hydrogen) atoms. The summed E-state index contributed by atoms with van der Waals surface area (Å²) >= 11 is 0. The highest BCUT2D eigenvalue weighted by Gasteiger charge is 2.19. The number of carbonyl (C=O) groups is 2. The molecular formula is C18H18FNO3. The van der Waals surface area contributed by atoms with E-state index < -0.39 is 17.7 Å². The Morgan fingerprint density at radius 1 is 1.04 bits per heavy atom. The molecule has 0 aliphatic carbocycles. The zero-order valence-electron chi connectivity index (χ0n) is 12.5. The first kappa shape index (κ1) is 16.7. The average Bonchev–Trinajstić information content (AvgIpc) is 2.52. The molecule has 0 aliphatic rings. The first-order chi connectivity index (χ1) is 11.0. The van der Waals surface area contributed by atoms with Crippen molar-refractivity contribution in [3.8, 4) is 0 Å². The second kappa shape index (κ2) is 8.08. The highest BCUT2D eigenvalue weighted by Crippen LogP contribution is 2.09. The molecular weight excluding hydrogens is 297 g/mol. The van der Waals surface area contributed by atoms with Gasteiger partial charge in [-0.25, -0.2) is 4.39 Å². The number of hydrogen-bond acceptors (Lipinski definition) is 2. The molecule has 0 aromatic heterocycles. The van der Waals surface area contributed by atoms with Crippen LogP contribution in [0, 0.1) is 11.7 Å². The number of benzene rings is 2. The fourth-order valence-electron chi connectivity index (χ4n) is 2.28. The number of halogens is 1. The highest BCUT2D eigenvalue weighted by molar-refractivity contribution is 5.79. The van der Waals surface area contributed by atoms with E-state index in [2.05, 4.69) is 5.32 Å². The van der Waals surface area contributed by atoms with Crippen LogP contribution in [0.25, 0.3) is 0 Å². The van der Waals surface area contributed by atoms with Gasteiger partial charge in [-0.15, -0.1) is 0 Å². The van der Waals surface area contributed by atoms with Gasteiger partial charge in [-0.1, -0.05) is 42.5 Å². The van der Waals surface area contributed by atoms with Gasteiger partial charge in [0.2, 0.25) is 5.91 Å². The molecule has 0 aliphatic heterocycles. The Kier molecular flexibility index (Phi) is 5.86. The van der Waals surface area contributed by atoms with Gasteiger partial charge >= 0.3 is 5.97 Å². The Bertz CT molecular complexity index is 673. The molecule has 4 nitrogen and oxygen atoms in total. The minimum absolute atomic E-state index is 0.0233. The molecule has 0 fully saturated rings. The van der Waals surface area contributed by atoms with Crippen LogP contribution < -0.4 is 5.32 Å². The molecule has 2 rings (SSSR count). The summed E-state index contributed by atoms with van der Waals surface area (Å²) in [5, 5.41) is 11.9.